The van der Waals surface area contributed by atoms with Crippen LogP contribution in [0.3, 0.4) is 0 Å². The van der Waals surface area contributed by atoms with E-state index in [-0.39, 0.29) is 5.56 Å². The SMILES string of the molecule is CC(C)CN(Cc1nc2scc(-c3ccccc3Cl)c2c(=O)[nH]1)CC(O)c1ccccc1. The number of H-pyrrole nitrogens is 1. The molecule has 2 N–H and O–H groups in total. The maximum absolute atomic E-state index is 13.0. The van der Waals surface area contributed by atoms with Crippen molar-refractivity contribution in [3.05, 3.63) is 86.7 Å². The number of halogens is 1. The molecule has 4 aromatic rings. The van der Waals surface area contributed by atoms with Crippen LogP contribution in [0.1, 0.15) is 31.3 Å². The average Bonchev–Trinajstić information content (AvgIpc) is 3.18. The summed E-state index contributed by atoms with van der Waals surface area (Å²) in [6, 6.07) is 17.1. The lowest BCUT2D eigenvalue weighted by molar-refractivity contribution is 0.100. The molecule has 166 valence electrons. The van der Waals surface area contributed by atoms with E-state index in [0.717, 1.165) is 23.2 Å². The first kappa shape index (κ1) is 22.7. The summed E-state index contributed by atoms with van der Waals surface area (Å²) in [5.74, 6) is 0.998. The van der Waals surface area contributed by atoms with Crippen LogP contribution in [-0.4, -0.2) is 33.1 Å². The Morgan fingerprint density at radius 2 is 1.78 bits per heavy atom. The lowest BCUT2D eigenvalue weighted by atomic mass is 10.1. The number of benzene rings is 2. The molecule has 32 heavy (non-hydrogen) atoms. The number of aromatic nitrogens is 2. The Morgan fingerprint density at radius 1 is 1.06 bits per heavy atom. The molecule has 5 nitrogen and oxygen atoms in total. The van der Waals surface area contributed by atoms with Gasteiger partial charge in [-0.2, -0.15) is 0 Å². The average molecular weight is 468 g/mol. The second kappa shape index (κ2) is 9.96. The summed E-state index contributed by atoms with van der Waals surface area (Å²) in [7, 11) is 0. The fraction of sp³-hybridized carbons (Fsp3) is 0.280. The van der Waals surface area contributed by atoms with Gasteiger partial charge in [0.2, 0.25) is 0 Å². The quantitative estimate of drug-likeness (QED) is 0.359. The fourth-order valence-corrected chi connectivity index (χ4v) is 5.10. The van der Waals surface area contributed by atoms with Crippen LogP contribution in [0.4, 0.5) is 0 Å². The van der Waals surface area contributed by atoms with Crippen LogP contribution in [0.2, 0.25) is 5.02 Å². The van der Waals surface area contributed by atoms with Gasteiger partial charge in [0.15, 0.2) is 0 Å². The van der Waals surface area contributed by atoms with Crippen molar-refractivity contribution in [3.8, 4) is 11.1 Å². The van der Waals surface area contributed by atoms with Gasteiger partial charge in [-0.1, -0.05) is 74.0 Å². The molecule has 0 radical (unpaired) electrons. The van der Waals surface area contributed by atoms with E-state index in [9.17, 15) is 9.90 Å². The summed E-state index contributed by atoms with van der Waals surface area (Å²) in [6.07, 6.45) is -0.612. The van der Waals surface area contributed by atoms with Crippen molar-refractivity contribution >= 4 is 33.2 Å². The molecular weight excluding hydrogens is 442 g/mol. The van der Waals surface area contributed by atoms with Gasteiger partial charge in [-0.15, -0.1) is 11.3 Å². The predicted molar refractivity (Wildman–Crippen MR) is 132 cm³/mol. The third-order valence-corrected chi connectivity index (χ3v) is 6.47. The maximum Gasteiger partial charge on any atom is 0.260 e. The molecule has 0 fully saturated rings. The van der Waals surface area contributed by atoms with Crippen LogP contribution in [0.25, 0.3) is 21.3 Å². The highest BCUT2D eigenvalue weighted by Crippen LogP contribution is 2.34. The van der Waals surface area contributed by atoms with Gasteiger partial charge in [-0.3, -0.25) is 9.69 Å². The highest BCUT2D eigenvalue weighted by atomic mass is 35.5. The largest absolute Gasteiger partial charge is 0.387 e. The molecule has 0 saturated carbocycles. The molecule has 2 aromatic heterocycles. The zero-order chi connectivity index (χ0) is 22.7. The van der Waals surface area contributed by atoms with Gasteiger partial charge < -0.3 is 10.1 Å². The maximum atomic E-state index is 13.0. The Hall–Kier alpha value is -2.51. The molecular formula is C25H26ClN3O2S. The number of thiophene rings is 1. The minimum absolute atomic E-state index is 0.172. The van der Waals surface area contributed by atoms with E-state index in [2.05, 4.69) is 23.7 Å². The normalized spacial score (nSPS) is 12.7. The van der Waals surface area contributed by atoms with E-state index >= 15 is 0 Å². The summed E-state index contributed by atoms with van der Waals surface area (Å²) < 4.78 is 0. The van der Waals surface area contributed by atoms with Crippen molar-refractivity contribution in [3.63, 3.8) is 0 Å². The standard InChI is InChI=1S/C25H26ClN3O2S/c1-16(2)12-29(13-21(30)17-8-4-3-5-9-17)14-22-27-24(31)23-19(15-32-25(23)28-22)18-10-6-7-11-20(18)26/h3-11,15-16,21,30H,12-14H2,1-2H3,(H,27,28,31). The molecule has 0 aliphatic carbocycles. The lowest BCUT2D eigenvalue weighted by Gasteiger charge is -2.26. The molecule has 4 rings (SSSR count). The van der Waals surface area contributed by atoms with Crippen molar-refractivity contribution in [1.29, 1.82) is 0 Å². The second-order valence-corrected chi connectivity index (χ2v) is 9.60. The van der Waals surface area contributed by atoms with Crippen LogP contribution in [0.5, 0.6) is 0 Å². The molecule has 0 saturated heterocycles. The van der Waals surface area contributed by atoms with Crippen LogP contribution < -0.4 is 5.56 Å². The Kier molecular flexibility index (Phi) is 7.06. The van der Waals surface area contributed by atoms with E-state index in [1.807, 2.05) is 60.0 Å². The second-order valence-electron chi connectivity index (χ2n) is 8.34. The number of rotatable bonds is 8. The Bertz CT molecular complexity index is 1250. The first-order chi connectivity index (χ1) is 15.4. The lowest BCUT2D eigenvalue weighted by Crippen LogP contribution is -2.33. The highest BCUT2D eigenvalue weighted by Gasteiger charge is 2.19. The summed E-state index contributed by atoms with van der Waals surface area (Å²) in [5.41, 5.74) is 2.33. The number of aliphatic hydroxyl groups excluding tert-OH is 1. The van der Waals surface area contributed by atoms with Crippen LogP contribution in [-0.2, 0) is 6.54 Å². The van der Waals surface area contributed by atoms with Gasteiger partial charge in [0.25, 0.3) is 5.56 Å². The fourth-order valence-electron chi connectivity index (χ4n) is 3.90. The van der Waals surface area contributed by atoms with Gasteiger partial charge in [0.05, 0.1) is 18.0 Å². The van der Waals surface area contributed by atoms with Crippen LogP contribution in [0, 0.1) is 5.92 Å². The number of nitrogens with one attached hydrogen (secondary N) is 1. The van der Waals surface area contributed by atoms with E-state index < -0.39 is 6.10 Å². The Balaban J connectivity index is 1.62. The third-order valence-electron chi connectivity index (χ3n) is 5.27. The van der Waals surface area contributed by atoms with E-state index in [4.69, 9.17) is 16.6 Å². The smallest absolute Gasteiger partial charge is 0.260 e. The molecule has 0 spiro atoms. The summed E-state index contributed by atoms with van der Waals surface area (Å²) in [6.45, 7) is 5.96. The number of fused-ring (bicyclic) bond motifs is 1. The molecule has 2 heterocycles. The van der Waals surface area contributed by atoms with Crippen LogP contribution in [0.15, 0.2) is 64.8 Å². The molecule has 0 bridgehead atoms. The summed E-state index contributed by atoms with van der Waals surface area (Å²) >= 11 is 7.80. The first-order valence-electron chi connectivity index (χ1n) is 10.6. The Morgan fingerprint density at radius 3 is 2.50 bits per heavy atom. The van der Waals surface area contributed by atoms with Gasteiger partial charge in [-0.05, 0) is 17.5 Å². The molecule has 0 aliphatic rings. The minimum atomic E-state index is -0.612. The van der Waals surface area contributed by atoms with Crippen molar-refractivity contribution < 1.29 is 5.11 Å². The zero-order valence-corrected chi connectivity index (χ0v) is 19.7. The van der Waals surface area contributed by atoms with Gasteiger partial charge in [-0.25, -0.2) is 4.98 Å². The van der Waals surface area contributed by atoms with Crippen molar-refractivity contribution in [1.82, 2.24) is 14.9 Å². The minimum Gasteiger partial charge on any atom is -0.387 e. The van der Waals surface area contributed by atoms with Gasteiger partial charge >= 0.3 is 0 Å². The molecule has 0 aliphatic heterocycles. The molecule has 1 atom stereocenters. The third kappa shape index (κ3) is 5.10. The summed E-state index contributed by atoms with van der Waals surface area (Å²) in [4.78, 5) is 23.5. The van der Waals surface area contributed by atoms with Crippen molar-refractivity contribution in [2.45, 2.75) is 26.5 Å². The van der Waals surface area contributed by atoms with Crippen molar-refractivity contribution in [2.75, 3.05) is 13.1 Å². The van der Waals surface area contributed by atoms with E-state index in [1.54, 1.807) is 0 Å². The van der Waals surface area contributed by atoms with Crippen LogP contribution >= 0.6 is 22.9 Å². The first-order valence-corrected chi connectivity index (χ1v) is 11.9. The number of aromatic amines is 1. The number of nitrogens with zero attached hydrogens (tertiary/aromatic N) is 2. The van der Waals surface area contributed by atoms with Gasteiger partial charge in [0.1, 0.15) is 10.7 Å². The number of hydrogen-bond donors (Lipinski definition) is 2. The molecule has 2 aromatic carbocycles. The predicted octanol–water partition coefficient (Wildman–Crippen LogP) is 5.50. The summed E-state index contributed by atoms with van der Waals surface area (Å²) in [5, 5.41) is 13.8. The highest BCUT2D eigenvalue weighted by molar-refractivity contribution is 7.17. The van der Waals surface area contributed by atoms with Crippen molar-refractivity contribution in [2.24, 2.45) is 5.92 Å². The molecule has 1 unspecified atom stereocenters. The Labute approximate surface area is 196 Å². The number of hydrogen-bond acceptors (Lipinski definition) is 5. The van der Waals surface area contributed by atoms with E-state index in [1.165, 1.54) is 11.3 Å². The van der Waals surface area contributed by atoms with E-state index in [0.29, 0.717) is 40.1 Å². The van der Waals surface area contributed by atoms with Gasteiger partial charge in [0, 0.05) is 34.6 Å². The topological polar surface area (TPSA) is 69.2 Å². The zero-order valence-electron chi connectivity index (χ0n) is 18.1. The molecule has 7 heteroatoms. The monoisotopic (exact) mass is 467 g/mol. The molecule has 0 amide bonds. The number of aliphatic hydroxyl groups is 1.